The van der Waals surface area contributed by atoms with Gasteiger partial charge in [-0.25, -0.2) is 0 Å². The van der Waals surface area contributed by atoms with E-state index >= 15 is 0 Å². The summed E-state index contributed by atoms with van der Waals surface area (Å²) in [5.41, 5.74) is 1.43. The normalized spacial score (nSPS) is 10.6. The lowest BCUT2D eigenvalue weighted by Crippen LogP contribution is -1.99. The fourth-order valence-corrected chi connectivity index (χ4v) is 2.26. The Morgan fingerprint density at radius 1 is 1.60 bits per heavy atom. The molecule has 0 amide bonds. The number of carbonyl (C=O) groups excluding carboxylic acids is 1. The number of carbonyl (C=O) groups is 1. The van der Waals surface area contributed by atoms with E-state index in [1.54, 1.807) is 24.0 Å². The highest BCUT2D eigenvalue weighted by molar-refractivity contribution is 9.10. The smallest absolute Gasteiger partial charge is 0.208 e. The summed E-state index contributed by atoms with van der Waals surface area (Å²) >= 11 is 4.53. The molecular formula is C9H8BrN3OS. The van der Waals surface area contributed by atoms with Gasteiger partial charge in [0.05, 0.1) is 22.3 Å². The zero-order chi connectivity index (χ0) is 11.0. The maximum absolute atomic E-state index is 12.0. The molecule has 0 N–H and O–H groups in total. The summed E-state index contributed by atoms with van der Waals surface area (Å²) in [7, 11) is 1.78. The first kappa shape index (κ1) is 10.5. The standard InChI is InChI=1S/C9H8BrN3OS/c1-5-3-7(15-12-5)8(14)6-4-11-13(2)9(6)10/h3-4H,1-2H3. The summed E-state index contributed by atoms with van der Waals surface area (Å²) in [6.07, 6.45) is 1.56. The minimum Gasteiger partial charge on any atom is -0.287 e. The molecule has 2 rings (SSSR count). The Morgan fingerprint density at radius 3 is 2.80 bits per heavy atom. The van der Waals surface area contributed by atoms with Crippen molar-refractivity contribution in [3.63, 3.8) is 0 Å². The quantitative estimate of drug-likeness (QED) is 0.795. The van der Waals surface area contributed by atoms with Crippen molar-refractivity contribution in [3.8, 4) is 0 Å². The van der Waals surface area contributed by atoms with E-state index < -0.39 is 0 Å². The Bertz CT molecular complexity index is 517. The minimum absolute atomic E-state index is 0.0411. The molecule has 0 aromatic carbocycles. The summed E-state index contributed by atoms with van der Waals surface area (Å²) in [5, 5.41) is 4.00. The molecule has 0 unspecified atom stereocenters. The zero-order valence-electron chi connectivity index (χ0n) is 8.19. The fourth-order valence-electron chi connectivity index (χ4n) is 1.18. The highest BCUT2D eigenvalue weighted by Gasteiger charge is 2.17. The molecule has 0 fully saturated rings. The maximum atomic E-state index is 12.0. The van der Waals surface area contributed by atoms with Crippen LogP contribution in [-0.4, -0.2) is 19.9 Å². The van der Waals surface area contributed by atoms with E-state index in [9.17, 15) is 4.79 Å². The molecule has 0 aliphatic carbocycles. The Hall–Kier alpha value is -1.01. The Morgan fingerprint density at radius 2 is 2.33 bits per heavy atom. The van der Waals surface area contributed by atoms with Crippen molar-refractivity contribution in [1.82, 2.24) is 14.2 Å². The molecule has 0 aliphatic heterocycles. The van der Waals surface area contributed by atoms with Crippen LogP contribution >= 0.6 is 27.5 Å². The van der Waals surface area contributed by atoms with Gasteiger partial charge in [-0.3, -0.25) is 9.48 Å². The van der Waals surface area contributed by atoms with E-state index in [1.807, 2.05) is 6.92 Å². The van der Waals surface area contributed by atoms with E-state index in [1.165, 1.54) is 11.5 Å². The zero-order valence-corrected chi connectivity index (χ0v) is 10.6. The number of halogens is 1. The van der Waals surface area contributed by atoms with Crippen molar-refractivity contribution in [2.24, 2.45) is 7.05 Å². The molecule has 0 aliphatic rings. The van der Waals surface area contributed by atoms with Crippen LogP contribution in [0.5, 0.6) is 0 Å². The van der Waals surface area contributed by atoms with Crippen LogP contribution in [0.15, 0.2) is 16.9 Å². The number of hydrogen-bond acceptors (Lipinski definition) is 4. The monoisotopic (exact) mass is 285 g/mol. The molecule has 0 saturated carbocycles. The van der Waals surface area contributed by atoms with Gasteiger partial charge in [-0.1, -0.05) is 0 Å². The molecule has 0 bridgehead atoms. The predicted octanol–water partition coefficient (Wildman–Crippen LogP) is 2.18. The van der Waals surface area contributed by atoms with E-state index in [0.717, 1.165) is 5.69 Å². The third-order valence-electron chi connectivity index (χ3n) is 1.96. The van der Waals surface area contributed by atoms with Gasteiger partial charge in [0, 0.05) is 7.05 Å². The molecule has 4 nitrogen and oxygen atoms in total. The lowest BCUT2D eigenvalue weighted by Gasteiger charge is -1.94. The van der Waals surface area contributed by atoms with Crippen LogP contribution < -0.4 is 0 Å². The van der Waals surface area contributed by atoms with Crippen molar-refractivity contribution in [2.45, 2.75) is 6.92 Å². The van der Waals surface area contributed by atoms with Crippen LogP contribution in [0.3, 0.4) is 0 Å². The Balaban J connectivity index is 2.41. The highest BCUT2D eigenvalue weighted by Crippen LogP contribution is 2.21. The van der Waals surface area contributed by atoms with Gasteiger partial charge in [0.1, 0.15) is 4.60 Å². The van der Waals surface area contributed by atoms with Crippen LogP contribution in [0.1, 0.15) is 20.9 Å². The van der Waals surface area contributed by atoms with Gasteiger partial charge >= 0.3 is 0 Å². The lowest BCUT2D eigenvalue weighted by atomic mass is 10.2. The number of hydrogen-bond donors (Lipinski definition) is 0. The molecule has 0 radical (unpaired) electrons. The predicted molar refractivity (Wildman–Crippen MR) is 61.2 cm³/mol. The summed E-state index contributed by atoms with van der Waals surface area (Å²) in [6, 6.07) is 1.78. The summed E-state index contributed by atoms with van der Waals surface area (Å²) in [6.45, 7) is 1.87. The highest BCUT2D eigenvalue weighted by atomic mass is 79.9. The van der Waals surface area contributed by atoms with Crippen molar-refractivity contribution in [3.05, 3.63) is 33.0 Å². The number of nitrogens with zero attached hydrogens (tertiary/aromatic N) is 3. The van der Waals surface area contributed by atoms with Crippen LogP contribution in [0.2, 0.25) is 0 Å². The molecule has 2 aromatic heterocycles. The molecule has 0 spiro atoms. The first-order valence-electron chi connectivity index (χ1n) is 4.25. The van der Waals surface area contributed by atoms with E-state index in [4.69, 9.17) is 0 Å². The fraction of sp³-hybridized carbons (Fsp3) is 0.222. The molecule has 2 heterocycles. The molecule has 6 heteroatoms. The average molecular weight is 286 g/mol. The molecular weight excluding hydrogens is 278 g/mol. The summed E-state index contributed by atoms with van der Waals surface area (Å²) < 4.78 is 6.38. The Kier molecular flexibility index (Phi) is 2.70. The minimum atomic E-state index is -0.0411. The van der Waals surface area contributed by atoms with Gasteiger partial charge in [-0.2, -0.15) is 9.47 Å². The van der Waals surface area contributed by atoms with Gasteiger partial charge < -0.3 is 0 Å². The topological polar surface area (TPSA) is 47.8 Å². The third-order valence-corrected chi connectivity index (χ3v) is 3.78. The second kappa shape index (κ2) is 3.86. The Labute approximate surface area is 99.2 Å². The summed E-state index contributed by atoms with van der Waals surface area (Å²) in [4.78, 5) is 12.6. The lowest BCUT2D eigenvalue weighted by molar-refractivity contribution is 0.104. The van der Waals surface area contributed by atoms with Crippen LogP contribution in [0.25, 0.3) is 0 Å². The van der Waals surface area contributed by atoms with Crippen molar-refractivity contribution < 1.29 is 4.79 Å². The van der Waals surface area contributed by atoms with Crippen LogP contribution in [0, 0.1) is 6.92 Å². The summed E-state index contributed by atoms with van der Waals surface area (Å²) in [5.74, 6) is -0.0411. The largest absolute Gasteiger partial charge is 0.287 e. The van der Waals surface area contributed by atoms with Gasteiger partial charge in [-0.05, 0) is 40.5 Å². The molecule has 0 atom stereocenters. The van der Waals surface area contributed by atoms with Crippen molar-refractivity contribution in [2.75, 3.05) is 0 Å². The number of aromatic nitrogens is 3. The third kappa shape index (κ3) is 1.87. The van der Waals surface area contributed by atoms with E-state index in [2.05, 4.69) is 25.4 Å². The van der Waals surface area contributed by atoms with E-state index in [-0.39, 0.29) is 5.78 Å². The SMILES string of the molecule is Cc1cc(C(=O)c2cnn(C)c2Br)sn1. The van der Waals surface area contributed by atoms with Gasteiger partial charge in [0.2, 0.25) is 5.78 Å². The first-order valence-corrected chi connectivity index (χ1v) is 5.81. The van der Waals surface area contributed by atoms with Gasteiger partial charge in [0.25, 0.3) is 0 Å². The number of ketones is 1. The van der Waals surface area contributed by atoms with Crippen molar-refractivity contribution in [1.29, 1.82) is 0 Å². The number of rotatable bonds is 2. The number of aryl methyl sites for hydroxylation is 2. The molecule has 78 valence electrons. The average Bonchev–Trinajstić information content (AvgIpc) is 2.75. The van der Waals surface area contributed by atoms with Crippen molar-refractivity contribution >= 4 is 33.2 Å². The van der Waals surface area contributed by atoms with E-state index in [0.29, 0.717) is 15.0 Å². The van der Waals surface area contributed by atoms with Crippen LogP contribution in [0.4, 0.5) is 0 Å². The molecule has 15 heavy (non-hydrogen) atoms. The molecule has 0 saturated heterocycles. The second-order valence-electron chi connectivity index (χ2n) is 3.13. The van der Waals surface area contributed by atoms with Crippen LogP contribution in [-0.2, 0) is 7.05 Å². The van der Waals surface area contributed by atoms with Gasteiger partial charge in [-0.15, -0.1) is 0 Å². The molecule has 2 aromatic rings. The van der Waals surface area contributed by atoms with Gasteiger partial charge in [0.15, 0.2) is 0 Å². The maximum Gasteiger partial charge on any atom is 0.208 e. The second-order valence-corrected chi connectivity index (χ2v) is 4.69. The first-order chi connectivity index (χ1) is 7.09.